The number of rotatable bonds is 15. The molecule has 0 spiro atoms. The minimum atomic E-state index is -4.84. The van der Waals surface area contributed by atoms with Gasteiger partial charge in [-0.05, 0) is 24.0 Å². The van der Waals surface area contributed by atoms with Gasteiger partial charge in [-0.15, -0.1) is 0 Å². The molecule has 3 aromatic rings. The second kappa shape index (κ2) is 15.0. The van der Waals surface area contributed by atoms with Crippen LogP contribution in [-0.2, 0) is 23.5 Å². The number of unbranched alkanes of at least 4 members (excludes halogenated alkanes) is 3. The number of hydrogen-bond donors (Lipinski definition) is 4. The number of fused-ring (bicyclic) bond motifs is 1. The van der Waals surface area contributed by atoms with E-state index in [1.807, 2.05) is 36.4 Å². The Morgan fingerprint density at radius 1 is 1.24 bits per heavy atom. The Hall–Kier alpha value is -3.68. The maximum Gasteiger partial charge on any atom is 0.469 e. The number of amides is 1. The van der Waals surface area contributed by atoms with Crippen molar-refractivity contribution >= 4 is 43.0 Å². The van der Waals surface area contributed by atoms with E-state index in [-0.39, 0.29) is 25.4 Å². The Labute approximate surface area is 243 Å². The van der Waals surface area contributed by atoms with Crippen molar-refractivity contribution in [2.75, 3.05) is 18.9 Å². The van der Waals surface area contributed by atoms with Crippen LogP contribution in [0.1, 0.15) is 57.2 Å². The number of anilines is 1. The third-order valence-corrected chi connectivity index (χ3v) is 7.16. The summed E-state index contributed by atoms with van der Waals surface area (Å²) in [5, 5.41) is 6.63. The van der Waals surface area contributed by atoms with Gasteiger partial charge in [0.2, 0.25) is 0 Å². The van der Waals surface area contributed by atoms with Crippen molar-refractivity contribution in [2.24, 2.45) is 5.16 Å². The number of aromatic nitrogens is 4. The highest BCUT2D eigenvalue weighted by Gasteiger charge is 2.41. The lowest BCUT2D eigenvalue weighted by molar-refractivity contribution is -0.126. The van der Waals surface area contributed by atoms with E-state index in [1.54, 1.807) is 10.8 Å². The van der Waals surface area contributed by atoms with Gasteiger partial charge in [0, 0.05) is 13.0 Å². The van der Waals surface area contributed by atoms with E-state index in [4.69, 9.17) is 19.8 Å². The minimum absolute atomic E-state index is 0.0661. The van der Waals surface area contributed by atoms with E-state index in [1.165, 1.54) is 19.1 Å². The average Bonchev–Trinajstić information content (AvgIpc) is 3.56. The molecular weight excluding hydrogens is 565 g/mol. The predicted octanol–water partition coefficient (Wildman–Crippen LogP) is 3.35. The van der Waals surface area contributed by atoms with Crippen molar-refractivity contribution in [1.82, 2.24) is 24.8 Å². The molecule has 0 radical (unpaired) electrons. The first-order valence-corrected chi connectivity index (χ1v) is 15.3. The number of phosphoric acid groups is 1. The summed E-state index contributed by atoms with van der Waals surface area (Å²) in [6.45, 7) is 1.72. The Morgan fingerprint density at radius 3 is 2.81 bits per heavy atom. The van der Waals surface area contributed by atoms with Gasteiger partial charge < -0.3 is 30.4 Å². The fraction of sp³-hybridized carbons (Fsp3) is 0.444. The van der Waals surface area contributed by atoms with Crippen LogP contribution >= 0.6 is 7.82 Å². The molecule has 3 heterocycles. The number of nitrogen functional groups attached to an aromatic ring is 1. The summed E-state index contributed by atoms with van der Waals surface area (Å²) < 4.78 is 24.1. The topological polar surface area (TPSA) is 196 Å². The van der Waals surface area contributed by atoms with E-state index in [9.17, 15) is 19.1 Å². The van der Waals surface area contributed by atoms with Crippen LogP contribution in [0.15, 0.2) is 53.7 Å². The molecule has 1 fully saturated rings. The molecule has 1 aliphatic heterocycles. The Balaban J connectivity index is 1.32. The normalized spacial score (nSPS) is 19.5. The SMILES string of the molecule is CCCCCCC(=C/c1ccccc1)/C=N/OCC(=O)NC[C@H]1O[C@@H](n2cnc3c(N)ncnc32)C[C@@H]1OP(=O)(O)O. The van der Waals surface area contributed by atoms with Crippen molar-refractivity contribution in [3.05, 3.63) is 54.1 Å². The number of nitrogens with two attached hydrogens (primary N) is 1. The molecule has 42 heavy (non-hydrogen) atoms. The molecule has 15 heteroatoms. The molecule has 5 N–H and O–H groups in total. The second-order valence-corrected chi connectivity index (χ2v) is 11.0. The quantitative estimate of drug-likeness (QED) is 0.0863. The summed E-state index contributed by atoms with van der Waals surface area (Å²) in [7, 11) is -4.84. The number of carbonyl (C=O) groups is 1. The van der Waals surface area contributed by atoms with Gasteiger partial charge in [0.25, 0.3) is 5.91 Å². The van der Waals surface area contributed by atoms with E-state index >= 15 is 0 Å². The van der Waals surface area contributed by atoms with Crippen molar-refractivity contribution in [1.29, 1.82) is 0 Å². The lowest BCUT2D eigenvalue weighted by Crippen LogP contribution is -2.39. The zero-order chi connectivity index (χ0) is 30.0. The lowest BCUT2D eigenvalue weighted by Gasteiger charge is -2.19. The van der Waals surface area contributed by atoms with Crippen molar-refractivity contribution < 1.29 is 33.2 Å². The summed E-state index contributed by atoms with van der Waals surface area (Å²) in [5.41, 5.74) is 8.65. The minimum Gasteiger partial charge on any atom is -0.386 e. The molecule has 0 saturated carbocycles. The largest absolute Gasteiger partial charge is 0.469 e. The lowest BCUT2D eigenvalue weighted by atomic mass is 10.0. The monoisotopic (exact) mass is 601 g/mol. The maximum absolute atomic E-state index is 12.5. The number of ether oxygens (including phenoxy) is 1. The Kier molecular flexibility index (Phi) is 11.2. The van der Waals surface area contributed by atoms with Crippen molar-refractivity contribution in [3.63, 3.8) is 0 Å². The van der Waals surface area contributed by atoms with Gasteiger partial charge >= 0.3 is 7.82 Å². The molecule has 0 unspecified atom stereocenters. The van der Waals surface area contributed by atoms with Crippen LogP contribution in [0.5, 0.6) is 0 Å². The van der Waals surface area contributed by atoms with Crippen LogP contribution < -0.4 is 11.1 Å². The molecule has 1 aliphatic rings. The highest BCUT2D eigenvalue weighted by Crippen LogP contribution is 2.44. The highest BCUT2D eigenvalue weighted by atomic mass is 31.2. The fourth-order valence-electron chi connectivity index (χ4n) is 4.58. The predicted molar refractivity (Wildman–Crippen MR) is 156 cm³/mol. The summed E-state index contributed by atoms with van der Waals surface area (Å²) >= 11 is 0. The van der Waals surface area contributed by atoms with Gasteiger partial charge in [0.1, 0.15) is 30.3 Å². The van der Waals surface area contributed by atoms with Crippen LogP contribution in [0.3, 0.4) is 0 Å². The zero-order valence-corrected chi connectivity index (χ0v) is 24.2. The molecule has 4 rings (SSSR count). The molecule has 1 aromatic carbocycles. The number of nitrogens with zero attached hydrogens (tertiary/aromatic N) is 5. The third kappa shape index (κ3) is 9.16. The number of oxime groups is 1. The molecular formula is C27H36N7O7P. The fourth-order valence-corrected chi connectivity index (χ4v) is 5.16. The second-order valence-electron chi connectivity index (χ2n) is 9.83. The number of imidazole rings is 1. The van der Waals surface area contributed by atoms with Crippen LogP contribution in [0, 0.1) is 0 Å². The smallest absolute Gasteiger partial charge is 0.386 e. The van der Waals surface area contributed by atoms with E-state index in [2.05, 4.69) is 32.3 Å². The molecule has 0 bridgehead atoms. The number of phosphoric ester groups is 1. The molecule has 3 atom stereocenters. The molecule has 226 valence electrons. The number of hydrogen-bond acceptors (Lipinski definition) is 10. The Morgan fingerprint density at radius 2 is 2.05 bits per heavy atom. The number of allylic oxidation sites excluding steroid dienone is 1. The molecule has 2 aromatic heterocycles. The van der Waals surface area contributed by atoms with E-state index in [0.717, 1.165) is 36.8 Å². The van der Waals surface area contributed by atoms with Gasteiger partial charge in [0.05, 0.1) is 12.5 Å². The van der Waals surface area contributed by atoms with Crippen LogP contribution in [0.4, 0.5) is 5.82 Å². The summed E-state index contributed by atoms with van der Waals surface area (Å²) in [6, 6.07) is 9.89. The van der Waals surface area contributed by atoms with E-state index in [0.29, 0.717) is 11.2 Å². The van der Waals surface area contributed by atoms with Gasteiger partial charge in [-0.25, -0.2) is 19.5 Å². The van der Waals surface area contributed by atoms with Crippen molar-refractivity contribution in [3.8, 4) is 0 Å². The average molecular weight is 602 g/mol. The first-order valence-electron chi connectivity index (χ1n) is 13.7. The number of benzene rings is 1. The first kappa shape index (κ1) is 31.3. The summed E-state index contributed by atoms with van der Waals surface area (Å²) in [4.78, 5) is 48.8. The van der Waals surface area contributed by atoms with Gasteiger partial charge in [-0.2, -0.15) is 0 Å². The molecule has 0 aliphatic carbocycles. The van der Waals surface area contributed by atoms with Gasteiger partial charge in [-0.1, -0.05) is 67.7 Å². The number of nitrogens with one attached hydrogen (secondary N) is 1. The van der Waals surface area contributed by atoms with Gasteiger partial charge in [0.15, 0.2) is 18.1 Å². The Bertz CT molecular complexity index is 1430. The van der Waals surface area contributed by atoms with Crippen LogP contribution in [0.2, 0.25) is 0 Å². The first-order chi connectivity index (χ1) is 20.2. The zero-order valence-electron chi connectivity index (χ0n) is 23.3. The summed E-state index contributed by atoms with van der Waals surface area (Å²) in [5.74, 6) is -0.301. The van der Waals surface area contributed by atoms with Crippen LogP contribution in [-0.4, -0.2) is 66.8 Å². The number of carbonyl (C=O) groups excluding carboxylic acids is 1. The van der Waals surface area contributed by atoms with E-state index < -0.39 is 32.2 Å². The maximum atomic E-state index is 12.5. The molecule has 1 amide bonds. The van der Waals surface area contributed by atoms with Crippen LogP contribution in [0.25, 0.3) is 17.2 Å². The summed E-state index contributed by atoms with van der Waals surface area (Å²) in [6.07, 6.45) is 9.11. The molecule has 1 saturated heterocycles. The highest BCUT2D eigenvalue weighted by molar-refractivity contribution is 7.46. The molecule has 14 nitrogen and oxygen atoms in total. The standard InChI is InChI=1S/C27H36N7O7P/c1-2-3-4-6-11-20(12-19-9-7-5-8-10-19)14-33-39-16-23(35)29-15-22-21(41-42(36,37)38)13-24(40-22)34-18-32-25-26(28)30-17-31-27(25)34/h5,7-10,12,14,17-18,21-22,24H,2-4,6,11,13,15-16H2,1H3,(H,29,35)(H2,28,30,31)(H2,36,37,38)/b20-12-,33-14+/t21-,22+,24+/m0/s1. The van der Waals surface area contributed by atoms with Gasteiger partial charge in [-0.3, -0.25) is 13.9 Å². The van der Waals surface area contributed by atoms with Crippen molar-refractivity contribution in [2.45, 2.75) is 63.9 Å². The third-order valence-electron chi connectivity index (χ3n) is 6.61.